The van der Waals surface area contributed by atoms with Crippen LogP contribution in [0.5, 0.6) is 0 Å². The first-order chi connectivity index (χ1) is 10.7. The summed E-state index contributed by atoms with van der Waals surface area (Å²) in [4.78, 5) is 12.1. The lowest BCUT2D eigenvalue weighted by Gasteiger charge is -2.25. The molecule has 1 aliphatic carbocycles. The van der Waals surface area contributed by atoms with E-state index in [-0.39, 0.29) is 17.7 Å². The van der Waals surface area contributed by atoms with Crippen molar-refractivity contribution in [3.8, 4) is 6.07 Å². The van der Waals surface area contributed by atoms with Crippen LogP contribution < -0.4 is 16.0 Å². The first-order valence-electron chi connectivity index (χ1n) is 7.61. The van der Waals surface area contributed by atoms with Crippen LogP contribution in [0.2, 0.25) is 0 Å². The van der Waals surface area contributed by atoms with Crippen molar-refractivity contribution < 1.29 is 9.53 Å². The molecule has 1 aliphatic heterocycles. The maximum atomic E-state index is 12.1. The van der Waals surface area contributed by atoms with Crippen LogP contribution >= 0.6 is 0 Å². The molecule has 2 amide bonds. The van der Waals surface area contributed by atoms with Gasteiger partial charge < -0.3 is 20.7 Å². The molecule has 0 spiro atoms. The highest BCUT2D eigenvalue weighted by molar-refractivity contribution is 5.75. The molecular weight excluding hydrogens is 280 g/mol. The van der Waals surface area contributed by atoms with E-state index in [2.05, 4.69) is 22.0 Å². The Hall–Kier alpha value is -2.10. The van der Waals surface area contributed by atoms with Gasteiger partial charge >= 0.3 is 6.03 Å². The van der Waals surface area contributed by atoms with Gasteiger partial charge in [-0.25, -0.2) is 4.79 Å². The number of hydrogen-bond acceptors (Lipinski definition) is 4. The predicted octanol–water partition coefficient (Wildman–Crippen LogP) is 0.835. The zero-order valence-corrected chi connectivity index (χ0v) is 12.4. The third-order valence-corrected chi connectivity index (χ3v) is 4.14. The molecule has 1 saturated carbocycles. The van der Waals surface area contributed by atoms with Crippen molar-refractivity contribution in [2.75, 3.05) is 26.2 Å². The van der Waals surface area contributed by atoms with Gasteiger partial charge in [-0.3, -0.25) is 0 Å². The summed E-state index contributed by atoms with van der Waals surface area (Å²) in [6, 6.07) is 9.39. The molecule has 2 aliphatic rings. The van der Waals surface area contributed by atoms with Crippen LogP contribution in [-0.4, -0.2) is 38.4 Å². The van der Waals surface area contributed by atoms with Crippen molar-refractivity contribution in [3.63, 3.8) is 0 Å². The number of carbonyl (C=O) groups is 1. The molecule has 1 unspecified atom stereocenters. The molecule has 0 radical (unpaired) electrons. The van der Waals surface area contributed by atoms with E-state index in [9.17, 15) is 4.79 Å². The van der Waals surface area contributed by atoms with E-state index in [0.29, 0.717) is 18.7 Å². The molecule has 2 fully saturated rings. The van der Waals surface area contributed by atoms with Crippen molar-refractivity contribution >= 4 is 6.03 Å². The molecule has 6 nitrogen and oxygen atoms in total. The number of ether oxygens (including phenoxy) is 1. The van der Waals surface area contributed by atoms with Crippen LogP contribution in [0, 0.1) is 11.3 Å². The largest absolute Gasteiger partial charge is 0.374 e. The Kier molecular flexibility index (Phi) is 4.27. The lowest BCUT2D eigenvalue weighted by atomic mass is 10.0. The number of morpholine rings is 1. The summed E-state index contributed by atoms with van der Waals surface area (Å²) in [6.07, 6.45) is 1.82. The molecule has 1 aromatic carbocycles. The topological polar surface area (TPSA) is 86.2 Å². The van der Waals surface area contributed by atoms with E-state index in [1.807, 2.05) is 18.2 Å². The third kappa shape index (κ3) is 3.38. The Labute approximate surface area is 129 Å². The average molecular weight is 300 g/mol. The molecule has 6 heteroatoms. The fourth-order valence-electron chi connectivity index (χ4n) is 2.72. The predicted molar refractivity (Wildman–Crippen MR) is 81.2 cm³/mol. The zero-order chi connectivity index (χ0) is 15.4. The number of nitrogens with zero attached hydrogens (tertiary/aromatic N) is 1. The van der Waals surface area contributed by atoms with Crippen LogP contribution in [0.4, 0.5) is 4.79 Å². The van der Waals surface area contributed by atoms with Gasteiger partial charge in [0.25, 0.3) is 0 Å². The van der Waals surface area contributed by atoms with Gasteiger partial charge in [0.15, 0.2) is 0 Å². The van der Waals surface area contributed by atoms with Crippen molar-refractivity contribution in [1.82, 2.24) is 16.0 Å². The number of urea groups is 1. The monoisotopic (exact) mass is 300 g/mol. The zero-order valence-electron chi connectivity index (χ0n) is 12.4. The van der Waals surface area contributed by atoms with Gasteiger partial charge in [0.05, 0.1) is 29.9 Å². The molecule has 1 saturated heterocycles. The Morgan fingerprint density at radius 3 is 3.05 bits per heavy atom. The Balaban J connectivity index is 1.55. The van der Waals surface area contributed by atoms with Crippen molar-refractivity contribution in [2.24, 2.45) is 0 Å². The van der Waals surface area contributed by atoms with Gasteiger partial charge in [-0.05, 0) is 30.5 Å². The van der Waals surface area contributed by atoms with Gasteiger partial charge in [0.1, 0.15) is 0 Å². The van der Waals surface area contributed by atoms with Crippen LogP contribution in [0.25, 0.3) is 0 Å². The fraction of sp³-hybridized carbons (Fsp3) is 0.500. The van der Waals surface area contributed by atoms with Gasteiger partial charge in [0, 0.05) is 19.6 Å². The summed E-state index contributed by atoms with van der Waals surface area (Å²) in [7, 11) is 0. The summed E-state index contributed by atoms with van der Waals surface area (Å²) < 4.78 is 5.55. The number of benzene rings is 1. The maximum Gasteiger partial charge on any atom is 0.315 e. The highest BCUT2D eigenvalue weighted by Crippen LogP contribution is 2.45. The van der Waals surface area contributed by atoms with Gasteiger partial charge in [0.2, 0.25) is 0 Å². The Morgan fingerprint density at radius 1 is 1.50 bits per heavy atom. The summed E-state index contributed by atoms with van der Waals surface area (Å²) in [5, 5.41) is 18.1. The number of nitriles is 1. The van der Waals surface area contributed by atoms with Gasteiger partial charge in [-0.1, -0.05) is 12.1 Å². The number of nitrogens with one attached hydrogen (secondary N) is 3. The minimum absolute atomic E-state index is 0.0246. The molecule has 0 bridgehead atoms. The standard InChI is InChI=1S/C16H20N4O2/c17-9-12-2-1-3-13(8-12)16(4-5-16)20-15(21)19-11-14-10-18-6-7-22-14/h1-3,8,14,18H,4-7,10-11H2,(H2,19,20,21). The second-order valence-corrected chi connectivity index (χ2v) is 5.81. The van der Waals surface area contributed by atoms with E-state index in [0.717, 1.165) is 31.5 Å². The molecule has 3 N–H and O–H groups in total. The van der Waals surface area contributed by atoms with Crippen LogP contribution in [0.1, 0.15) is 24.0 Å². The number of carbonyl (C=O) groups excluding carboxylic acids is 1. The summed E-state index contributed by atoms with van der Waals surface area (Å²) in [5.74, 6) is 0. The SMILES string of the molecule is N#Cc1cccc(C2(NC(=O)NCC3CNCCO3)CC2)c1. The highest BCUT2D eigenvalue weighted by Gasteiger charge is 2.45. The second kappa shape index (κ2) is 6.34. The fourth-order valence-corrected chi connectivity index (χ4v) is 2.72. The Bertz CT molecular complexity index is 586. The van der Waals surface area contributed by atoms with Crippen molar-refractivity contribution in [2.45, 2.75) is 24.5 Å². The Morgan fingerprint density at radius 2 is 2.36 bits per heavy atom. The summed E-state index contributed by atoms with van der Waals surface area (Å²) in [5.41, 5.74) is 1.30. The smallest absolute Gasteiger partial charge is 0.315 e. The molecular formula is C16H20N4O2. The minimum atomic E-state index is -0.317. The summed E-state index contributed by atoms with van der Waals surface area (Å²) in [6.45, 7) is 2.79. The highest BCUT2D eigenvalue weighted by atomic mass is 16.5. The van der Waals surface area contributed by atoms with Crippen LogP contribution in [0.15, 0.2) is 24.3 Å². The van der Waals surface area contributed by atoms with Gasteiger partial charge in [-0.2, -0.15) is 5.26 Å². The van der Waals surface area contributed by atoms with E-state index >= 15 is 0 Å². The first kappa shape index (κ1) is 14.8. The molecule has 116 valence electrons. The molecule has 0 aromatic heterocycles. The van der Waals surface area contributed by atoms with Crippen molar-refractivity contribution in [3.05, 3.63) is 35.4 Å². The molecule has 1 atom stereocenters. The van der Waals surface area contributed by atoms with E-state index < -0.39 is 0 Å². The van der Waals surface area contributed by atoms with Crippen molar-refractivity contribution in [1.29, 1.82) is 5.26 Å². The average Bonchev–Trinajstić information content (AvgIpc) is 3.35. The minimum Gasteiger partial charge on any atom is -0.374 e. The van der Waals surface area contributed by atoms with E-state index in [1.165, 1.54) is 0 Å². The van der Waals surface area contributed by atoms with Crippen LogP contribution in [0.3, 0.4) is 0 Å². The van der Waals surface area contributed by atoms with E-state index in [4.69, 9.17) is 10.00 Å². The quantitative estimate of drug-likeness (QED) is 0.769. The number of amides is 2. The lowest BCUT2D eigenvalue weighted by molar-refractivity contribution is 0.0307. The molecule has 1 aromatic rings. The molecule has 1 heterocycles. The normalized spacial score (nSPS) is 22.4. The molecule has 3 rings (SSSR count). The first-order valence-corrected chi connectivity index (χ1v) is 7.61. The summed E-state index contributed by atoms with van der Waals surface area (Å²) >= 11 is 0. The number of rotatable bonds is 4. The van der Waals surface area contributed by atoms with Gasteiger partial charge in [-0.15, -0.1) is 0 Å². The van der Waals surface area contributed by atoms with Crippen LogP contribution in [-0.2, 0) is 10.3 Å². The lowest BCUT2D eigenvalue weighted by Crippen LogP contribution is -2.49. The third-order valence-electron chi connectivity index (χ3n) is 4.14. The maximum absolute atomic E-state index is 12.1. The number of hydrogen-bond donors (Lipinski definition) is 3. The van der Waals surface area contributed by atoms with E-state index in [1.54, 1.807) is 6.07 Å². The second-order valence-electron chi connectivity index (χ2n) is 5.81. The molecule has 22 heavy (non-hydrogen) atoms.